The number of hydrogen-bond acceptors (Lipinski definition) is 5. The SMILES string of the molecule is Cc1cc(NS(=O)(=O)c2cc(C3(O)CCC(=O)N3C)ccc2Cl)cc(C(C)(C)C)c1O. The second-order valence-electron chi connectivity index (χ2n) is 8.96. The number of benzene rings is 2. The Balaban J connectivity index is 2.04. The molecule has 0 aromatic heterocycles. The molecule has 0 bridgehead atoms. The first-order valence-corrected chi connectivity index (χ1v) is 11.7. The first-order valence-electron chi connectivity index (χ1n) is 9.83. The number of aryl methyl sites for hydroxylation is 1. The Labute approximate surface area is 187 Å². The zero-order valence-electron chi connectivity index (χ0n) is 18.2. The van der Waals surface area contributed by atoms with Gasteiger partial charge in [0.15, 0.2) is 5.72 Å². The smallest absolute Gasteiger partial charge is 0.263 e. The molecule has 0 radical (unpaired) electrons. The number of sulfonamides is 1. The molecule has 2 aromatic carbocycles. The molecule has 1 fully saturated rings. The van der Waals surface area contributed by atoms with Gasteiger partial charge in [0.2, 0.25) is 5.91 Å². The monoisotopic (exact) mass is 466 g/mol. The van der Waals surface area contributed by atoms with Crippen molar-refractivity contribution in [3.8, 4) is 5.75 Å². The van der Waals surface area contributed by atoms with Gasteiger partial charge in [-0.1, -0.05) is 38.4 Å². The number of carbonyl (C=O) groups is 1. The van der Waals surface area contributed by atoms with Crippen LogP contribution in [0, 0.1) is 6.92 Å². The summed E-state index contributed by atoms with van der Waals surface area (Å²) in [6.07, 6.45) is 0.321. The van der Waals surface area contributed by atoms with Crippen molar-refractivity contribution in [1.82, 2.24) is 4.90 Å². The van der Waals surface area contributed by atoms with E-state index in [1.165, 1.54) is 36.2 Å². The van der Waals surface area contributed by atoms with Gasteiger partial charge in [0.05, 0.1) is 5.02 Å². The van der Waals surface area contributed by atoms with Gasteiger partial charge in [0, 0.05) is 36.7 Å². The molecule has 0 aliphatic carbocycles. The molecule has 7 nitrogen and oxygen atoms in total. The van der Waals surface area contributed by atoms with E-state index in [9.17, 15) is 23.4 Å². The van der Waals surface area contributed by atoms with Crippen LogP contribution in [0.25, 0.3) is 0 Å². The van der Waals surface area contributed by atoms with Gasteiger partial charge in [0.1, 0.15) is 10.6 Å². The zero-order chi connectivity index (χ0) is 23.4. The summed E-state index contributed by atoms with van der Waals surface area (Å²) in [5.74, 6) is -0.110. The number of halogens is 1. The van der Waals surface area contributed by atoms with E-state index >= 15 is 0 Å². The molecule has 1 saturated heterocycles. The summed E-state index contributed by atoms with van der Waals surface area (Å²) in [5.41, 5.74) is -0.315. The number of phenolic OH excluding ortho intramolecular Hbond substituents is 1. The minimum atomic E-state index is -4.12. The van der Waals surface area contributed by atoms with Gasteiger partial charge in [-0.2, -0.15) is 0 Å². The number of amides is 1. The van der Waals surface area contributed by atoms with Crippen LogP contribution in [0.3, 0.4) is 0 Å². The number of nitrogens with one attached hydrogen (secondary N) is 1. The highest BCUT2D eigenvalue weighted by Crippen LogP contribution is 2.39. The number of hydrogen-bond donors (Lipinski definition) is 3. The summed E-state index contributed by atoms with van der Waals surface area (Å²) in [7, 11) is -2.65. The largest absolute Gasteiger partial charge is 0.507 e. The Hall–Kier alpha value is -2.29. The summed E-state index contributed by atoms with van der Waals surface area (Å²) in [4.78, 5) is 12.9. The van der Waals surface area contributed by atoms with Gasteiger partial charge in [-0.25, -0.2) is 8.42 Å². The fourth-order valence-corrected chi connectivity index (χ4v) is 5.31. The third-order valence-corrected chi connectivity index (χ3v) is 7.52. The number of phenols is 1. The molecule has 168 valence electrons. The lowest BCUT2D eigenvalue weighted by atomic mass is 9.85. The molecule has 0 spiro atoms. The molecule has 3 N–H and O–H groups in total. The van der Waals surface area contributed by atoms with Crippen molar-refractivity contribution in [3.05, 3.63) is 52.0 Å². The number of likely N-dealkylation sites (tertiary alicyclic amines) is 1. The van der Waals surface area contributed by atoms with Gasteiger partial charge < -0.3 is 15.1 Å². The molecular formula is C22H27ClN2O5S. The first-order chi connectivity index (χ1) is 14.2. The maximum atomic E-state index is 13.2. The van der Waals surface area contributed by atoms with E-state index in [1.807, 2.05) is 20.8 Å². The summed E-state index contributed by atoms with van der Waals surface area (Å²) in [6.45, 7) is 7.44. The van der Waals surface area contributed by atoms with Gasteiger partial charge in [-0.3, -0.25) is 9.52 Å². The molecule has 1 aliphatic rings. The standard InChI is InChI=1S/C22H27ClN2O5S/c1-13-10-15(12-16(20(13)27)21(2,3)4)24-31(29,30)18-11-14(6-7-17(18)23)22(28)9-8-19(26)25(22)5/h6-7,10-12,24,27-28H,8-9H2,1-5H3. The molecule has 1 heterocycles. The van der Waals surface area contributed by atoms with E-state index in [4.69, 9.17) is 11.6 Å². The number of anilines is 1. The van der Waals surface area contributed by atoms with Crippen LogP contribution < -0.4 is 4.72 Å². The number of rotatable bonds is 4. The summed E-state index contributed by atoms with van der Waals surface area (Å²) < 4.78 is 28.9. The van der Waals surface area contributed by atoms with E-state index in [1.54, 1.807) is 13.0 Å². The van der Waals surface area contributed by atoms with Gasteiger partial charge in [-0.15, -0.1) is 0 Å². The third kappa shape index (κ3) is 4.24. The lowest BCUT2D eigenvalue weighted by Crippen LogP contribution is -2.40. The van der Waals surface area contributed by atoms with Crippen molar-refractivity contribution in [2.75, 3.05) is 11.8 Å². The maximum absolute atomic E-state index is 13.2. The summed E-state index contributed by atoms with van der Waals surface area (Å²) in [5, 5.41) is 21.4. The second-order valence-corrected chi connectivity index (χ2v) is 11.0. The molecule has 3 rings (SSSR count). The highest BCUT2D eigenvalue weighted by atomic mass is 35.5. The molecule has 31 heavy (non-hydrogen) atoms. The maximum Gasteiger partial charge on any atom is 0.263 e. The molecule has 1 aliphatic heterocycles. The number of aliphatic hydroxyl groups is 1. The molecular weight excluding hydrogens is 440 g/mol. The molecule has 0 saturated carbocycles. The van der Waals surface area contributed by atoms with E-state index < -0.39 is 21.2 Å². The highest BCUT2D eigenvalue weighted by Gasteiger charge is 2.43. The van der Waals surface area contributed by atoms with Crippen molar-refractivity contribution >= 4 is 33.2 Å². The summed E-state index contributed by atoms with van der Waals surface area (Å²) in [6, 6.07) is 7.32. The lowest BCUT2D eigenvalue weighted by Gasteiger charge is -2.31. The fourth-order valence-electron chi connectivity index (χ4n) is 3.74. The Bertz CT molecular complexity index is 1160. The summed E-state index contributed by atoms with van der Waals surface area (Å²) >= 11 is 6.20. The van der Waals surface area contributed by atoms with Crippen molar-refractivity contribution in [3.63, 3.8) is 0 Å². The van der Waals surface area contributed by atoms with Crippen LogP contribution in [0.2, 0.25) is 5.02 Å². The zero-order valence-corrected chi connectivity index (χ0v) is 19.7. The average Bonchev–Trinajstić information content (AvgIpc) is 2.92. The van der Waals surface area contributed by atoms with Crippen LogP contribution in [-0.4, -0.2) is 36.5 Å². The normalized spacial score (nSPS) is 19.7. The van der Waals surface area contributed by atoms with Crippen molar-refractivity contribution in [2.45, 2.75) is 56.6 Å². The van der Waals surface area contributed by atoms with Gasteiger partial charge in [0.25, 0.3) is 10.0 Å². The number of carbonyl (C=O) groups excluding carboxylic acids is 1. The molecule has 2 aromatic rings. The predicted octanol–water partition coefficient (Wildman–Crippen LogP) is 3.85. The van der Waals surface area contributed by atoms with Crippen molar-refractivity contribution < 1.29 is 23.4 Å². The Morgan fingerprint density at radius 2 is 1.84 bits per heavy atom. The highest BCUT2D eigenvalue weighted by molar-refractivity contribution is 7.92. The van der Waals surface area contributed by atoms with E-state index in [2.05, 4.69) is 4.72 Å². The van der Waals surface area contributed by atoms with E-state index in [0.717, 1.165) is 0 Å². The Morgan fingerprint density at radius 1 is 1.19 bits per heavy atom. The van der Waals surface area contributed by atoms with Crippen molar-refractivity contribution in [1.29, 1.82) is 0 Å². The van der Waals surface area contributed by atoms with Crippen LogP contribution in [0.4, 0.5) is 5.69 Å². The van der Waals surface area contributed by atoms with E-state index in [0.29, 0.717) is 11.1 Å². The average molecular weight is 467 g/mol. The molecule has 1 amide bonds. The lowest BCUT2D eigenvalue weighted by molar-refractivity contribution is -0.142. The van der Waals surface area contributed by atoms with Crippen LogP contribution >= 0.6 is 11.6 Å². The molecule has 1 unspecified atom stereocenters. The predicted molar refractivity (Wildman–Crippen MR) is 120 cm³/mol. The van der Waals surface area contributed by atoms with Crippen LogP contribution in [0.5, 0.6) is 5.75 Å². The van der Waals surface area contributed by atoms with E-state index in [-0.39, 0.29) is 45.7 Å². The van der Waals surface area contributed by atoms with Crippen LogP contribution in [0.15, 0.2) is 35.2 Å². The number of nitrogens with zero attached hydrogens (tertiary/aromatic N) is 1. The number of aromatic hydroxyl groups is 1. The fraction of sp³-hybridized carbons (Fsp3) is 0.409. The molecule has 9 heteroatoms. The Kier molecular flexibility index (Phi) is 5.80. The topological polar surface area (TPSA) is 107 Å². The van der Waals surface area contributed by atoms with Gasteiger partial charge >= 0.3 is 0 Å². The second kappa shape index (κ2) is 7.69. The quantitative estimate of drug-likeness (QED) is 0.593. The third-order valence-electron chi connectivity index (χ3n) is 5.66. The Morgan fingerprint density at radius 3 is 2.39 bits per heavy atom. The van der Waals surface area contributed by atoms with Crippen LogP contribution in [-0.2, 0) is 26.0 Å². The van der Waals surface area contributed by atoms with Crippen molar-refractivity contribution in [2.24, 2.45) is 0 Å². The van der Waals surface area contributed by atoms with Crippen LogP contribution in [0.1, 0.15) is 50.3 Å². The minimum Gasteiger partial charge on any atom is -0.507 e. The van der Waals surface area contributed by atoms with Gasteiger partial charge in [-0.05, 0) is 42.2 Å². The minimum absolute atomic E-state index is 0.0154. The first kappa shape index (κ1) is 23.4. The molecule has 1 atom stereocenters.